The Kier molecular flexibility index (Phi) is 9.56. The molecule has 0 spiro atoms. The first-order chi connectivity index (χ1) is 14.8. The van der Waals surface area contributed by atoms with E-state index in [0.29, 0.717) is 12.3 Å². The SMILES string of the molecule is CCc1ccc(OCC(=O)N(Cc2ccccc2C)[C@H](C)C(=O)N[C@H](C)CC)c(Br)c1. The third-order valence-electron chi connectivity index (χ3n) is 5.53. The smallest absolute Gasteiger partial charge is 0.261 e. The average molecular weight is 489 g/mol. The van der Waals surface area contributed by atoms with E-state index in [1.54, 1.807) is 11.8 Å². The molecule has 0 aliphatic rings. The first-order valence-electron chi connectivity index (χ1n) is 10.8. The first-order valence-corrected chi connectivity index (χ1v) is 11.6. The van der Waals surface area contributed by atoms with Gasteiger partial charge in [0.15, 0.2) is 6.61 Å². The van der Waals surface area contributed by atoms with Crippen LogP contribution in [0.4, 0.5) is 0 Å². The highest BCUT2D eigenvalue weighted by Crippen LogP contribution is 2.26. The van der Waals surface area contributed by atoms with Crippen LogP contribution in [-0.4, -0.2) is 35.4 Å². The lowest BCUT2D eigenvalue weighted by atomic mass is 10.1. The molecule has 0 aliphatic carbocycles. The molecule has 0 radical (unpaired) electrons. The van der Waals surface area contributed by atoms with Crippen molar-refractivity contribution in [2.75, 3.05) is 6.61 Å². The lowest BCUT2D eigenvalue weighted by Crippen LogP contribution is -2.50. The fourth-order valence-corrected chi connectivity index (χ4v) is 3.66. The van der Waals surface area contributed by atoms with E-state index in [4.69, 9.17) is 4.74 Å². The third-order valence-corrected chi connectivity index (χ3v) is 6.15. The number of carbonyl (C=O) groups excluding carboxylic acids is 2. The Morgan fingerprint density at radius 2 is 1.84 bits per heavy atom. The van der Waals surface area contributed by atoms with Crippen LogP contribution in [0.25, 0.3) is 0 Å². The molecule has 6 heteroatoms. The van der Waals surface area contributed by atoms with E-state index in [2.05, 4.69) is 28.2 Å². The summed E-state index contributed by atoms with van der Waals surface area (Å²) in [4.78, 5) is 27.5. The lowest BCUT2D eigenvalue weighted by Gasteiger charge is -2.30. The van der Waals surface area contributed by atoms with Crippen molar-refractivity contribution >= 4 is 27.7 Å². The second-order valence-corrected chi connectivity index (χ2v) is 8.70. The van der Waals surface area contributed by atoms with E-state index < -0.39 is 6.04 Å². The summed E-state index contributed by atoms with van der Waals surface area (Å²) in [7, 11) is 0. The summed E-state index contributed by atoms with van der Waals surface area (Å²) >= 11 is 3.51. The van der Waals surface area contributed by atoms with E-state index in [1.165, 1.54) is 5.56 Å². The van der Waals surface area contributed by atoms with Crippen molar-refractivity contribution in [2.45, 2.75) is 66.1 Å². The van der Waals surface area contributed by atoms with Crippen LogP contribution < -0.4 is 10.1 Å². The van der Waals surface area contributed by atoms with Crippen molar-refractivity contribution in [3.8, 4) is 5.75 Å². The minimum Gasteiger partial charge on any atom is -0.483 e. The summed E-state index contributed by atoms with van der Waals surface area (Å²) in [5.74, 6) is 0.212. The molecule has 2 atom stereocenters. The number of carbonyl (C=O) groups is 2. The summed E-state index contributed by atoms with van der Waals surface area (Å²) in [6.45, 7) is 10.0. The molecule has 31 heavy (non-hydrogen) atoms. The molecular weight excluding hydrogens is 456 g/mol. The van der Waals surface area contributed by atoms with Gasteiger partial charge in [-0.2, -0.15) is 0 Å². The number of hydrogen-bond acceptors (Lipinski definition) is 3. The quantitative estimate of drug-likeness (QED) is 0.509. The van der Waals surface area contributed by atoms with E-state index in [-0.39, 0.29) is 24.5 Å². The molecule has 0 fully saturated rings. The Bertz CT molecular complexity index is 900. The molecule has 0 heterocycles. The van der Waals surface area contributed by atoms with E-state index in [1.807, 2.05) is 63.2 Å². The van der Waals surface area contributed by atoms with Crippen LogP contribution in [0.5, 0.6) is 5.75 Å². The van der Waals surface area contributed by atoms with Gasteiger partial charge in [-0.15, -0.1) is 0 Å². The summed E-state index contributed by atoms with van der Waals surface area (Å²) in [6, 6.07) is 13.2. The van der Waals surface area contributed by atoms with E-state index in [0.717, 1.165) is 28.4 Å². The number of halogens is 1. The summed E-state index contributed by atoms with van der Waals surface area (Å²) in [5, 5.41) is 2.98. The predicted octanol–water partition coefficient (Wildman–Crippen LogP) is 5.03. The molecule has 0 aromatic heterocycles. The van der Waals surface area contributed by atoms with E-state index in [9.17, 15) is 9.59 Å². The fraction of sp³-hybridized carbons (Fsp3) is 0.440. The zero-order valence-electron chi connectivity index (χ0n) is 19.1. The highest BCUT2D eigenvalue weighted by Gasteiger charge is 2.27. The van der Waals surface area contributed by atoms with Crippen LogP contribution in [0.1, 0.15) is 50.8 Å². The largest absolute Gasteiger partial charge is 0.483 e. The van der Waals surface area contributed by atoms with Gasteiger partial charge in [0.2, 0.25) is 5.91 Å². The Morgan fingerprint density at radius 1 is 1.13 bits per heavy atom. The van der Waals surface area contributed by atoms with Crippen molar-refractivity contribution in [3.63, 3.8) is 0 Å². The monoisotopic (exact) mass is 488 g/mol. The Balaban J connectivity index is 2.19. The lowest BCUT2D eigenvalue weighted by molar-refractivity contribution is -0.142. The van der Waals surface area contributed by atoms with Crippen LogP contribution >= 0.6 is 15.9 Å². The number of aryl methyl sites for hydroxylation is 2. The number of nitrogens with one attached hydrogen (secondary N) is 1. The van der Waals surface area contributed by atoms with Gasteiger partial charge >= 0.3 is 0 Å². The molecule has 2 aromatic carbocycles. The van der Waals surface area contributed by atoms with Gasteiger partial charge in [-0.05, 0) is 78.4 Å². The molecule has 2 aromatic rings. The summed E-state index contributed by atoms with van der Waals surface area (Å²) in [6.07, 6.45) is 1.75. The number of benzene rings is 2. The fourth-order valence-electron chi connectivity index (χ4n) is 3.12. The second-order valence-electron chi connectivity index (χ2n) is 7.85. The molecule has 0 unspecified atom stereocenters. The van der Waals surface area contributed by atoms with Gasteiger partial charge in [0.05, 0.1) is 4.47 Å². The number of amides is 2. The molecule has 2 amide bonds. The van der Waals surface area contributed by atoms with Crippen molar-refractivity contribution < 1.29 is 14.3 Å². The predicted molar refractivity (Wildman–Crippen MR) is 128 cm³/mol. The molecule has 0 saturated carbocycles. The van der Waals surface area contributed by atoms with Gasteiger partial charge in [0.25, 0.3) is 5.91 Å². The van der Waals surface area contributed by atoms with Crippen LogP contribution in [0.2, 0.25) is 0 Å². The zero-order valence-corrected chi connectivity index (χ0v) is 20.7. The number of ether oxygens (including phenoxy) is 1. The molecule has 0 saturated heterocycles. The highest BCUT2D eigenvalue weighted by molar-refractivity contribution is 9.10. The summed E-state index contributed by atoms with van der Waals surface area (Å²) in [5.41, 5.74) is 3.27. The molecular formula is C25H33BrN2O3. The highest BCUT2D eigenvalue weighted by atomic mass is 79.9. The standard InChI is InChI=1S/C25H33BrN2O3/c1-6-18(4)27-25(30)19(5)28(15-21-11-9-8-10-17(21)3)24(29)16-31-23-13-12-20(7-2)14-22(23)26/h8-14,18-19H,6-7,15-16H2,1-5H3,(H,27,30)/t18-,19-/m1/s1. The van der Waals surface area contributed by atoms with Crippen LogP contribution in [0.3, 0.4) is 0 Å². The Hall–Kier alpha value is -2.34. The molecule has 2 rings (SSSR count). The molecule has 0 aliphatic heterocycles. The maximum absolute atomic E-state index is 13.2. The maximum Gasteiger partial charge on any atom is 0.261 e. The second kappa shape index (κ2) is 11.9. The minimum atomic E-state index is -0.615. The third kappa shape index (κ3) is 7.10. The van der Waals surface area contributed by atoms with Crippen molar-refractivity contribution in [3.05, 3.63) is 63.6 Å². The molecule has 168 valence electrons. The molecule has 5 nitrogen and oxygen atoms in total. The Morgan fingerprint density at radius 3 is 2.45 bits per heavy atom. The van der Waals surface area contributed by atoms with Crippen LogP contribution in [0, 0.1) is 6.92 Å². The minimum absolute atomic E-state index is 0.0506. The molecule has 1 N–H and O–H groups in total. The zero-order chi connectivity index (χ0) is 23.0. The van der Waals surface area contributed by atoms with Gasteiger partial charge in [0.1, 0.15) is 11.8 Å². The molecule has 0 bridgehead atoms. The van der Waals surface area contributed by atoms with Gasteiger partial charge in [-0.3, -0.25) is 9.59 Å². The normalized spacial score (nSPS) is 12.7. The summed E-state index contributed by atoms with van der Waals surface area (Å²) < 4.78 is 6.62. The van der Waals surface area contributed by atoms with Gasteiger partial charge in [-0.25, -0.2) is 0 Å². The number of rotatable bonds is 10. The van der Waals surface area contributed by atoms with Crippen molar-refractivity contribution in [2.24, 2.45) is 0 Å². The van der Waals surface area contributed by atoms with Gasteiger partial charge in [-0.1, -0.05) is 44.2 Å². The average Bonchev–Trinajstić information content (AvgIpc) is 2.76. The van der Waals surface area contributed by atoms with E-state index >= 15 is 0 Å². The number of nitrogens with zero attached hydrogens (tertiary/aromatic N) is 1. The van der Waals surface area contributed by atoms with Crippen LogP contribution in [0.15, 0.2) is 46.9 Å². The Labute approximate surface area is 194 Å². The van der Waals surface area contributed by atoms with Gasteiger partial charge < -0.3 is 15.0 Å². The topological polar surface area (TPSA) is 58.6 Å². The van der Waals surface area contributed by atoms with Crippen molar-refractivity contribution in [1.29, 1.82) is 0 Å². The maximum atomic E-state index is 13.2. The van der Waals surface area contributed by atoms with Crippen LogP contribution in [-0.2, 0) is 22.6 Å². The van der Waals surface area contributed by atoms with Crippen molar-refractivity contribution in [1.82, 2.24) is 10.2 Å². The first kappa shape index (κ1) is 24.9. The van der Waals surface area contributed by atoms with Gasteiger partial charge in [0, 0.05) is 12.6 Å². The number of hydrogen-bond donors (Lipinski definition) is 1.